The van der Waals surface area contributed by atoms with Crippen LogP contribution in [0.15, 0.2) is 24.9 Å². The van der Waals surface area contributed by atoms with Crippen LogP contribution in [0, 0.1) is 0 Å². The van der Waals surface area contributed by atoms with E-state index in [1.807, 2.05) is 30.2 Å². The summed E-state index contributed by atoms with van der Waals surface area (Å²) in [5, 5.41) is 3.34. The molecule has 2 aromatic heterocycles. The second-order valence-corrected chi connectivity index (χ2v) is 3.46. The zero-order valence-corrected chi connectivity index (χ0v) is 8.77. The van der Waals surface area contributed by atoms with Gasteiger partial charge in [-0.2, -0.15) is 0 Å². The van der Waals surface area contributed by atoms with Gasteiger partial charge in [0.1, 0.15) is 5.82 Å². The maximum Gasteiger partial charge on any atom is 0.122 e. The Morgan fingerprint density at radius 2 is 2.47 bits per heavy atom. The summed E-state index contributed by atoms with van der Waals surface area (Å²) in [7, 11) is 2.00. The van der Waals surface area contributed by atoms with Crippen molar-refractivity contribution < 1.29 is 0 Å². The molecule has 0 saturated heterocycles. The van der Waals surface area contributed by atoms with Gasteiger partial charge in [-0.25, -0.2) is 9.97 Å². The minimum absolute atomic E-state index is 0.803. The van der Waals surface area contributed by atoms with Gasteiger partial charge in [0.2, 0.25) is 0 Å². The first-order valence-electron chi connectivity index (χ1n) is 5.00. The lowest BCUT2D eigenvalue weighted by Gasteiger charge is -2.03. The number of imidazole rings is 2. The van der Waals surface area contributed by atoms with Crippen molar-refractivity contribution in [2.24, 2.45) is 7.05 Å². The summed E-state index contributed by atoms with van der Waals surface area (Å²) in [4.78, 5) is 11.3. The first kappa shape index (κ1) is 9.92. The standard InChI is InChI=1S/C10H15N5/c1-15-5-4-13-10(15)7-11-3-2-9-6-12-8-14-9/h4-6,8,11H,2-3,7H2,1H3,(H,12,14). The molecule has 0 bridgehead atoms. The van der Waals surface area contributed by atoms with E-state index in [0.29, 0.717) is 0 Å². The number of nitrogens with zero attached hydrogens (tertiary/aromatic N) is 3. The SMILES string of the molecule is Cn1ccnc1CNCCc1cnc[nH]1. The van der Waals surface area contributed by atoms with Crippen LogP contribution in [-0.2, 0) is 20.0 Å². The highest BCUT2D eigenvalue weighted by molar-refractivity contribution is 4.95. The van der Waals surface area contributed by atoms with Crippen LogP contribution in [0.3, 0.4) is 0 Å². The largest absolute Gasteiger partial charge is 0.348 e. The molecule has 0 aromatic carbocycles. The van der Waals surface area contributed by atoms with Crippen molar-refractivity contribution in [2.45, 2.75) is 13.0 Å². The monoisotopic (exact) mass is 205 g/mol. The number of hydrogen-bond donors (Lipinski definition) is 2. The molecule has 0 aliphatic carbocycles. The summed E-state index contributed by atoms with van der Waals surface area (Å²) in [6.45, 7) is 1.73. The Hall–Kier alpha value is -1.62. The lowest BCUT2D eigenvalue weighted by Crippen LogP contribution is -2.19. The molecule has 2 rings (SSSR count). The first-order valence-corrected chi connectivity index (χ1v) is 5.00. The fourth-order valence-corrected chi connectivity index (χ4v) is 1.41. The van der Waals surface area contributed by atoms with Gasteiger partial charge in [0.15, 0.2) is 0 Å². The minimum atomic E-state index is 0.803. The highest BCUT2D eigenvalue weighted by atomic mass is 15.1. The predicted molar refractivity (Wildman–Crippen MR) is 57.2 cm³/mol. The predicted octanol–water partition coefficient (Wildman–Crippen LogP) is 0.475. The molecule has 0 saturated carbocycles. The van der Waals surface area contributed by atoms with Crippen molar-refractivity contribution in [2.75, 3.05) is 6.54 Å². The Morgan fingerprint density at radius 1 is 1.53 bits per heavy atom. The molecule has 0 atom stereocenters. The molecule has 0 amide bonds. The van der Waals surface area contributed by atoms with Gasteiger partial charge in [-0.3, -0.25) is 0 Å². The number of aryl methyl sites for hydroxylation is 1. The summed E-state index contributed by atoms with van der Waals surface area (Å²) in [6, 6.07) is 0. The number of H-pyrrole nitrogens is 1. The summed E-state index contributed by atoms with van der Waals surface area (Å²) < 4.78 is 2.02. The number of aromatic amines is 1. The quantitative estimate of drug-likeness (QED) is 0.698. The molecule has 5 nitrogen and oxygen atoms in total. The summed E-state index contributed by atoms with van der Waals surface area (Å²) >= 11 is 0. The van der Waals surface area contributed by atoms with E-state index >= 15 is 0 Å². The number of nitrogens with one attached hydrogen (secondary N) is 2. The minimum Gasteiger partial charge on any atom is -0.348 e. The van der Waals surface area contributed by atoms with Crippen molar-refractivity contribution >= 4 is 0 Å². The second-order valence-electron chi connectivity index (χ2n) is 3.46. The van der Waals surface area contributed by atoms with Gasteiger partial charge in [0.05, 0.1) is 12.9 Å². The van der Waals surface area contributed by atoms with Crippen LogP contribution < -0.4 is 5.32 Å². The van der Waals surface area contributed by atoms with E-state index in [1.54, 1.807) is 6.33 Å². The molecule has 0 spiro atoms. The maximum absolute atomic E-state index is 4.23. The topological polar surface area (TPSA) is 58.5 Å². The summed E-state index contributed by atoms with van der Waals surface area (Å²) in [5.74, 6) is 1.06. The van der Waals surface area contributed by atoms with Crippen LogP contribution in [0.5, 0.6) is 0 Å². The van der Waals surface area contributed by atoms with Crippen molar-refractivity contribution in [3.8, 4) is 0 Å². The van der Waals surface area contributed by atoms with Crippen molar-refractivity contribution in [1.82, 2.24) is 24.8 Å². The molecular weight excluding hydrogens is 190 g/mol. The molecule has 0 aliphatic rings. The molecule has 2 heterocycles. The molecule has 0 radical (unpaired) electrons. The Kier molecular flexibility index (Phi) is 3.14. The number of rotatable bonds is 5. The van der Waals surface area contributed by atoms with Gasteiger partial charge in [0, 0.05) is 44.3 Å². The van der Waals surface area contributed by atoms with E-state index < -0.39 is 0 Å². The van der Waals surface area contributed by atoms with Gasteiger partial charge in [-0.15, -0.1) is 0 Å². The van der Waals surface area contributed by atoms with E-state index in [4.69, 9.17) is 0 Å². The summed E-state index contributed by atoms with van der Waals surface area (Å²) in [6.07, 6.45) is 8.28. The number of hydrogen-bond acceptors (Lipinski definition) is 3. The smallest absolute Gasteiger partial charge is 0.122 e. The fraction of sp³-hybridized carbons (Fsp3) is 0.400. The Morgan fingerprint density at radius 3 is 3.13 bits per heavy atom. The van der Waals surface area contributed by atoms with Gasteiger partial charge in [-0.1, -0.05) is 0 Å². The zero-order chi connectivity index (χ0) is 10.5. The van der Waals surface area contributed by atoms with E-state index in [1.165, 1.54) is 0 Å². The molecule has 2 N–H and O–H groups in total. The highest BCUT2D eigenvalue weighted by Crippen LogP contribution is 1.94. The number of aromatic nitrogens is 4. The Bertz CT molecular complexity index is 390. The molecule has 5 heteroatoms. The van der Waals surface area contributed by atoms with Crippen LogP contribution in [-0.4, -0.2) is 26.1 Å². The fourth-order valence-electron chi connectivity index (χ4n) is 1.41. The average molecular weight is 205 g/mol. The second kappa shape index (κ2) is 4.75. The van der Waals surface area contributed by atoms with Gasteiger partial charge in [-0.05, 0) is 0 Å². The van der Waals surface area contributed by atoms with Crippen molar-refractivity contribution in [3.05, 3.63) is 36.4 Å². The molecule has 2 aromatic rings. The Labute approximate surface area is 88.6 Å². The zero-order valence-electron chi connectivity index (χ0n) is 8.77. The van der Waals surface area contributed by atoms with Gasteiger partial charge in [0.25, 0.3) is 0 Å². The molecule has 15 heavy (non-hydrogen) atoms. The van der Waals surface area contributed by atoms with E-state index in [2.05, 4.69) is 20.3 Å². The molecule has 80 valence electrons. The maximum atomic E-state index is 4.23. The van der Waals surface area contributed by atoms with Crippen molar-refractivity contribution in [1.29, 1.82) is 0 Å². The third-order valence-electron chi connectivity index (χ3n) is 2.33. The first-order chi connectivity index (χ1) is 7.36. The lowest BCUT2D eigenvalue weighted by molar-refractivity contribution is 0.634. The normalized spacial score (nSPS) is 10.7. The van der Waals surface area contributed by atoms with Crippen LogP contribution in [0.4, 0.5) is 0 Å². The third-order valence-corrected chi connectivity index (χ3v) is 2.33. The van der Waals surface area contributed by atoms with E-state index in [0.717, 1.165) is 31.0 Å². The van der Waals surface area contributed by atoms with E-state index in [9.17, 15) is 0 Å². The van der Waals surface area contributed by atoms with Crippen LogP contribution in [0.1, 0.15) is 11.5 Å². The van der Waals surface area contributed by atoms with Crippen LogP contribution in [0.2, 0.25) is 0 Å². The highest BCUT2D eigenvalue weighted by Gasteiger charge is 1.98. The summed E-state index contributed by atoms with van der Waals surface area (Å²) in [5.41, 5.74) is 1.15. The molecule has 0 unspecified atom stereocenters. The molecule has 0 fully saturated rings. The van der Waals surface area contributed by atoms with E-state index in [-0.39, 0.29) is 0 Å². The van der Waals surface area contributed by atoms with Crippen LogP contribution >= 0.6 is 0 Å². The third kappa shape index (κ3) is 2.66. The average Bonchev–Trinajstić information content (AvgIpc) is 2.85. The molecular formula is C10H15N5. The Balaban J connectivity index is 1.70. The van der Waals surface area contributed by atoms with Gasteiger partial charge < -0.3 is 14.9 Å². The lowest BCUT2D eigenvalue weighted by atomic mass is 10.3. The molecule has 0 aliphatic heterocycles. The van der Waals surface area contributed by atoms with Crippen LogP contribution in [0.25, 0.3) is 0 Å². The van der Waals surface area contributed by atoms with Crippen molar-refractivity contribution in [3.63, 3.8) is 0 Å². The van der Waals surface area contributed by atoms with Gasteiger partial charge >= 0.3 is 0 Å².